The maximum Gasteiger partial charge on any atom is 0.339 e. The number of urea groups is 1. The van der Waals surface area contributed by atoms with Crippen molar-refractivity contribution < 1.29 is 23.9 Å². The van der Waals surface area contributed by atoms with E-state index in [-0.39, 0.29) is 24.5 Å². The van der Waals surface area contributed by atoms with E-state index < -0.39 is 24.0 Å². The highest BCUT2D eigenvalue weighted by Crippen LogP contribution is 2.31. The summed E-state index contributed by atoms with van der Waals surface area (Å²) in [5.41, 5.74) is 2.77. The molecule has 1 aliphatic heterocycles. The maximum absolute atomic E-state index is 13.4. The largest absolute Gasteiger partial charge is 0.463 e. The molecule has 1 aliphatic rings. The van der Waals surface area contributed by atoms with Crippen molar-refractivity contribution in [2.24, 2.45) is 0 Å². The monoisotopic (exact) mass is 591 g/mol. The van der Waals surface area contributed by atoms with Gasteiger partial charge in [-0.15, -0.1) is 11.3 Å². The lowest BCUT2D eigenvalue weighted by Gasteiger charge is -2.28. The van der Waals surface area contributed by atoms with Crippen LogP contribution in [-0.4, -0.2) is 36.2 Å². The molecule has 38 heavy (non-hydrogen) atoms. The molecule has 3 heterocycles. The van der Waals surface area contributed by atoms with Crippen LogP contribution in [-0.2, 0) is 14.3 Å². The van der Waals surface area contributed by atoms with Gasteiger partial charge in [0.1, 0.15) is 6.61 Å². The number of hydrogen-bond donors (Lipinski definition) is 2. The van der Waals surface area contributed by atoms with E-state index in [1.807, 2.05) is 60.0 Å². The molecule has 0 saturated heterocycles. The minimum atomic E-state index is -0.720. The van der Waals surface area contributed by atoms with Crippen molar-refractivity contribution in [2.45, 2.75) is 13.0 Å². The van der Waals surface area contributed by atoms with Crippen LogP contribution in [0.2, 0.25) is 0 Å². The number of aromatic nitrogens is 1. The number of nitrogens with one attached hydrogen (secondary N) is 2. The van der Waals surface area contributed by atoms with E-state index >= 15 is 0 Å². The molecule has 0 saturated carbocycles. The molecule has 0 aliphatic carbocycles. The van der Waals surface area contributed by atoms with E-state index in [0.29, 0.717) is 22.2 Å². The standard InChI is InChI=1S/C28H22BrN3O5S/c1-2-36-27(34)24-22(31-28(35)32-25(24)23-8-5-13-38-23)15-37-26(33)19-14-21(16-9-11-17(29)12-10-16)30-20-7-4-3-6-18(19)20/h3-14,25H,2,15H2,1H3,(H2,31,32,35)/t25-/m0/s1. The van der Waals surface area contributed by atoms with Crippen LogP contribution in [0.4, 0.5) is 4.79 Å². The fourth-order valence-electron chi connectivity index (χ4n) is 4.18. The first-order valence-electron chi connectivity index (χ1n) is 11.8. The van der Waals surface area contributed by atoms with Gasteiger partial charge in [-0.05, 0) is 42.6 Å². The van der Waals surface area contributed by atoms with Crippen LogP contribution in [0.5, 0.6) is 0 Å². The lowest BCUT2D eigenvalue weighted by atomic mass is 10.0. The Balaban J connectivity index is 1.49. The second-order valence-corrected chi connectivity index (χ2v) is 10.2. The Kier molecular flexibility index (Phi) is 7.52. The highest BCUT2D eigenvalue weighted by molar-refractivity contribution is 9.10. The molecule has 1 atom stereocenters. The zero-order valence-electron chi connectivity index (χ0n) is 20.2. The summed E-state index contributed by atoms with van der Waals surface area (Å²) in [6, 6.07) is 19.0. The molecule has 0 radical (unpaired) electrons. The number of esters is 2. The number of para-hydroxylation sites is 1. The van der Waals surface area contributed by atoms with Gasteiger partial charge in [0.15, 0.2) is 0 Å². The molecule has 0 fully saturated rings. The van der Waals surface area contributed by atoms with Crippen molar-refractivity contribution >= 4 is 56.1 Å². The summed E-state index contributed by atoms with van der Waals surface area (Å²) in [6.45, 7) is 1.53. The van der Waals surface area contributed by atoms with Crippen LogP contribution in [0.1, 0.15) is 28.2 Å². The number of thiophene rings is 1. The van der Waals surface area contributed by atoms with Crippen LogP contribution < -0.4 is 10.6 Å². The van der Waals surface area contributed by atoms with E-state index in [1.165, 1.54) is 11.3 Å². The van der Waals surface area contributed by atoms with Crippen molar-refractivity contribution in [3.63, 3.8) is 0 Å². The van der Waals surface area contributed by atoms with Gasteiger partial charge in [0.05, 0.1) is 40.7 Å². The number of fused-ring (bicyclic) bond motifs is 1. The second-order valence-electron chi connectivity index (χ2n) is 8.31. The molecule has 2 amide bonds. The molecule has 0 spiro atoms. The Morgan fingerprint density at radius 2 is 1.82 bits per heavy atom. The Bertz CT molecular complexity index is 1550. The summed E-state index contributed by atoms with van der Waals surface area (Å²) in [6.07, 6.45) is 0. The Labute approximate surface area is 230 Å². The van der Waals surface area contributed by atoms with Gasteiger partial charge in [0, 0.05) is 20.3 Å². The molecule has 8 nitrogen and oxygen atoms in total. The zero-order chi connectivity index (χ0) is 26.6. The van der Waals surface area contributed by atoms with Crippen LogP contribution >= 0.6 is 27.3 Å². The fraction of sp³-hybridized carbons (Fsp3) is 0.143. The smallest absolute Gasteiger partial charge is 0.339 e. The van der Waals surface area contributed by atoms with Crippen LogP contribution in [0, 0.1) is 0 Å². The predicted molar refractivity (Wildman–Crippen MR) is 148 cm³/mol. The lowest BCUT2D eigenvalue weighted by Crippen LogP contribution is -2.46. The van der Waals surface area contributed by atoms with Crippen molar-refractivity contribution in [1.29, 1.82) is 0 Å². The third kappa shape index (κ3) is 5.32. The number of ether oxygens (including phenoxy) is 2. The topological polar surface area (TPSA) is 107 Å². The van der Waals surface area contributed by atoms with Gasteiger partial charge >= 0.3 is 18.0 Å². The number of halogens is 1. The average Bonchev–Trinajstić information content (AvgIpc) is 3.46. The van der Waals surface area contributed by atoms with Gasteiger partial charge < -0.3 is 20.1 Å². The van der Waals surface area contributed by atoms with Gasteiger partial charge in [0.25, 0.3) is 0 Å². The number of carbonyl (C=O) groups is 3. The van der Waals surface area contributed by atoms with Crippen molar-refractivity contribution in [2.75, 3.05) is 13.2 Å². The molecule has 2 aromatic heterocycles. The van der Waals surface area contributed by atoms with E-state index in [9.17, 15) is 14.4 Å². The number of pyridine rings is 1. The summed E-state index contributed by atoms with van der Waals surface area (Å²) >= 11 is 4.83. The number of benzene rings is 2. The van der Waals surface area contributed by atoms with E-state index in [0.717, 1.165) is 14.9 Å². The predicted octanol–water partition coefficient (Wildman–Crippen LogP) is 5.75. The Hall–Kier alpha value is -4.02. The molecule has 4 aromatic rings. The average molecular weight is 592 g/mol. The molecule has 5 rings (SSSR count). The van der Waals surface area contributed by atoms with Crippen LogP contribution in [0.15, 0.2) is 87.9 Å². The second kappa shape index (κ2) is 11.2. The summed E-state index contributed by atoms with van der Waals surface area (Å²) in [7, 11) is 0. The van der Waals surface area contributed by atoms with Gasteiger partial charge in [0.2, 0.25) is 0 Å². The SMILES string of the molecule is CCOC(=O)C1=C(COC(=O)c2cc(-c3ccc(Br)cc3)nc3ccccc23)NC(=O)N[C@H]1c1cccs1. The fourth-order valence-corrected chi connectivity index (χ4v) is 5.23. The molecule has 10 heteroatoms. The Morgan fingerprint density at radius 3 is 2.55 bits per heavy atom. The number of nitrogens with zero attached hydrogens (tertiary/aromatic N) is 1. The quantitative estimate of drug-likeness (QED) is 0.265. The van der Waals surface area contributed by atoms with Gasteiger partial charge in [-0.3, -0.25) is 0 Å². The van der Waals surface area contributed by atoms with Gasteiger partial charge in [-0.2, -0.15) is 0 Å². The van der Waals surface area contributed by atoms with E-state index in [4.69, 9.17) is 14.5 Å². The minimum absolute atomic E-state index is 0.155. The molecule has 0 bridgehead atoms. The van der Waals surface area contributed by atoms with E-state index in [1.54, 1.807) is 19.1 Å². The zero-order valence-corrected chi connectivity index (χ0v) is 22.6. The third-order valence-electron chi connectivity index (χ3n) is 5.90. The third-order valence-corrected chi connectivity index (χ3v) is 7.37. The molecular formula is C28H22BrN3O5S. The lowest BCUT2D eigenvalue weighted by molar-refractivity contribution is -0.139. The minimum Gasteiger partial charge on any atom is -0.463 e. The van der Waals surface area contributed by atoms with Crippen LogP contribution in [0.25, 0.3) is 22.2 Å². The molecular weight excluding hydrogens is 570 g/mol. The molecule has 0 unspecified atom stereocenters. The van der Waals surface area contributed by atoms with E-state index in [2.05, 4.69) is 26.6 Å². The van der Waals surface area contributed by atoms with Crippen LogP contribution in [0.3, 0.4) is 0 Å². The van der Waals surface area contributed by atoms with Crippen molar-refractivity contribution in [3.8, 4) is 11.3 Å². The first-order chi connectivity index (χ1) is 18.4. The number of rotatable bonds is 7. The summed E-state index contributed by atoms with van der Waals surface area (Å²) in [5, 5.41) is 7.86. The highest BCUT2D eigenvalue weighted by atomic mass is 79.9. The highest BCUT2D eigenvalue weighted by Gasteiger charge is 2.35. The maximum atomic E-state index is 13.4. The van der Waals surface area contributed by atoms with Crippen molar-refractivity contribution in [3.05, 3.63) is 98.3 Å². The first-order valence-corrected chi connectivity index (χ1v) is 13.5. The number of carbonyl (C=O) groups excluding carboxylic acids is 3. The first kappa shape index (κ1) is 25.6. The summed E-state index contributed by atoms with van der Waals surface area (Å²) in [4.78, 5) is 44.3. The molecule has 2 N–H and O–H groups in total. The number of amides is 2. The summed E-state index contributed by atoms with van der Waals surface area (Å²) in [5.74, 6) is -1.21. The summed E-state index contributed by atoms with van der Waals surface area (Å²) < 4.78 is 11.9. The number of hydrogen-bond acceptors (Lipinski definition) is 7. The Morgan fingerprint density at radius 1 is 1.03 bits per heavy atom. The van der Waals surface area contributed by atoms with Gasteiger partial charge in [-0.1, -0.05) is 52.3 Å². The normalized spacial score (nSPS) is 15.1. The molecule has 2 aromatic carbocycles. The van der Waals surface area contributed by atoms with Gasteiger partial charge in [-0.25, -0.2) is 19.4 Å². The van der Waals surface area contributed by atoms with Crippen molar-refractivity contribution in [1.82, 2.24) is 15.6 Å². The molecule has 192 valence electrons.